The molecule has 1 aromatic carbocycles. The number of anilines is 1. The zero-order valence-corrected chi connectivity index (χ0v) is 27.0. The van der Waals surface area contributed by atoms with Crippen LogP contribution in [0, 0.1) is 0 Å². The molecule has 3 heterocycles. The molecule has 0 bridgehead atoms. The van der Waals surface area contributed by atoms with Gasteiger partial charge in [0.15, 0.2) is 0 Å². The number of carbonyl (C=O) groups is 1. The summed E-state index contributed by atoms with van der Waals surface area (Å²) in [6.45, 7) is 13.2. The summed E-state index contributed by atoms with van der Waals surface area (Å²) in [4.78, 5) is 23.8. The highest BCUT2D eigenvalue weighted by molar-refractivity contribution is 5.79. The number of halogens is 6. The third kappa shape index (κ3) is 7.08. The summed E-state index contributed by atoms with van der Waals surface area (Å²) in [5.74, 6) is 0.597. The Kier molecular flexibility index (Phi) is 10.2. The van der Waals surface area contributed by atoms with E-state index < -0.39 is 29.1 Å². The highest BCUT2D eigenvalue weighted by Gasteiger charge is 2.71. The van der Waals surface area contributed by atoms with E-state index in [0.717, 1.165) is 11.8 Å². The van der Waals surface area contributed by atoms with E-state index >= 15 is 0 Å². The molecule has 2 aliphatic heterocycles. The normalized spacial score (nSPS) is 23.3. The topological polar surface area (TPSA) is 81.2 Å². The highest BCUT2D eigenvalue weighted by Crippen LogP contribution is 2.50. The molecule has 1 aromatic heterocycles. The smallest absolute Gasteiger partial charge is 0.430 e. The lowest BCUT2D eigenvalue weighted by atomic mass is 9.89. The monoisotopic (exact) mass is 659 g/mol. The van der Waals surface area contributed by atoms with E-state index in [1.54, 1.807) is 18.0 Å². The van der Waals surface area contributed by atoms with Crippen molar-refractivity contribution in [2.75, 3.05) is 37.7 Å². The van der Waals surface area contributed by atoms with E-state index in [2.05, 4.69) is 10.3 Å². The summed E-state index contributed by atoms with van der Waals surface area (Å²) in [5.41, 5.74) is -5.15. The van der Waals surface area contributed by atoms with Gasteiger partial charge in [0.25, 0.3) is 5.60 Å². The van der Waals surface area contributed by atoms with Gasteiger partial charge in [-0.25, -0.2) is 0 Å². The van der Waals surface area contributed by atoms with Crippen LogP contribution in [0.3, 0.4) is 0 Å². The first-order valence-corrected chi connectivity index (χ1v) is 15.5. The van der Waals surface area contributed by atoms with Crippen LogP contribution in [0.5, 0.6) is 5.75 Å². The number of hydrogen-bond acceptors (Lipinski definition) is 7. The Bertz CT molecular complexity index is 1360. The first-order chi connectivity index (χ1) is 21.3. The van der Waals surface area contributed by atoms with Gasteiger partial charge >= 0.3 is 12.4 Å². The molecule has 1 amide bonds. The number of hydrogen-bond donors (Lipinski definition) is 2. The minimum Gasteiger partial charge on any atom is -0.489 e. The van der Waals surface area contributed by atoms with Crippen molar-refractivity contribution in [3.63, 3.8) is 0 Å². The standard InChI is InChI=1S/C32H43F6N5O3/c1-7-8-23-13-24(30(45,31(33,34)35)32(36,37)38)9-11-26(23)42-15-22(5)43(16-21(42)4)28(44)17-41-18-29(6,40-19-41)27-12-10-25(14-39-27)46-20(2)3/h9-14,20-22,40,45H,7-8,15-19H2,1-6H3/t21?,22-,29+/m1/s1. The average Bonchev–Trinajstić information content (AvgIpc) is 3.33. The molecule has 2 fully saturated rings. The minimum absolute atomic E-state index is 0.0309. The predicted octanol–water partition coefficient (Wildman–Crippen LogP) is 5.34. The van der Waals surface area contributed by atoms with Gasteiger partial charge in [0.1, 0.15) is 5.75 Å². The van der Waals surface area contributed by atoms with Gasteiger partial charge in [-0.05, 0) is 64.8 Å². The molecular weight excluding hydrogens is 616 g/mol. The number of rotatable bonds is 9. The fraction of sp³-hybridized carbons (Fsp3) is 0.625. The maximum Gasteiger partial charge on any atom is 0.430 e. The molecule has 2 saturated heterocycles. The Morgan fingerprint density at radius 3 is 2.33 bits per heavy atom. The highest BCUT2D eigenvalue weighted by atomic mass is 19.4. The number of pyridine rings is 1. The predicted molar refractivity (Wildman–Crippen MR) is 161 cm³/mol. The zero-order valence-electron chi connectivity index (χ0n) is 27.0. The van der Waals surface area contributed by atoms with Crippen molar-refractivity contribution in [2.24, 2.45) is 0 Å². The molecule has 2 aromatic rings. The summed E-state index contributed by atoms with van der Waals surface area (Å²) in [6, 6.07) is 5.95. The van der Waals surface area contributed by atoms with Crippen LogP contribution in [0.25, 0.3) is 0 Å². The molecule has 0 saturated carbocycles. The van der Waals surface area contributed by atoms with Crippen LogP contribution in [-0.4, -0.2) is 89.2 Å². The number of alkyl halides is 6. The lowest BCUT2D eigenvalue weighted by Crippen LogP contribution is -2.59. The number of aliphatic hydroxyl groups is 1. The largest absolute Gasteiger partial charge is 0.489 e. The second kappa shape index (κ2) is 13.2. The molecular formula is C32H43F6N5O3. The Morgan fingerprint density at radius 1 is 1.09 bits per heavy atom. The van der Waals surface area contributed by atoms with Crippen molar-refractivity contribution in [3.05, 3.63) is 53.3 Å². The molecule has 46 heavy (non-hydrogen) atoms. The van der Waals surface area contributed by atoms with Gasteiger partial charge in [-0.15, -0.1) is 0 Å². The summed E-state index contributed by atoms with van der Waals surface area (Å²) >= 11 is 0. The molecule has 1 unspecified atom stereocenters. The van der Waals surface area contributed by atoms with Crippen molar-refractivity contribution in [1.29, 1.82) is 0 Å². The Hall–Kier alpha value is -3.10. The fourth-order valence-electron chi connectivity index (χ4n) is 6.32. The van der Waals surface area contributed by atoms with Crippen molar-refractivity contribution < 1.29 is 41.0 Å². The van der Waals surface area contributed by atoms with Crippen molar-refractivity contribution in [3.8, 4) is 5.75 Å². The van der Waals surface area contributed by atoms with E-state index in [9.17, 15) is 36.2 Å². The molecule has 0 spiro atoms. The quantitative estimate of drug-likeness (QED) is 0.352. The van der Waals surface area contributed by atoms with E-state index in [-0.39, 0.29) is 42.6 Å². The van der Waals surface area contributed by atoms with Gasteiger partial charge in [0, 0.05) is 49.6 Å². The van der Waals surface area contributed by atoms with E-state index in [1.807, 2.05) is 56.6 Å². The number of aryl methyl sites for hydroxylation is 1. The van der Waals surface area contributed by atoms with Gasteiger partial charge < -0.3 is 19.6 Å². The maximum absolute atomic E-state index is 13.6. The Morgan fingerprint density at radius 2 is 1.76 bits per heavy atom. The third-order valence-electron chi connectivity index (χ3n) is 8.72. The number of benzene rings is 1. The lowest BCUT2D eigenvalue weighted by Gasteiger charge is -2.46. The van der Waals surface area contributed by atoms with Crippen molar-refractivity contribution in [1.82, 2.24) is 20.1 Å². The van der Waals surface area contributed by atoms with Crippen LogP contribution < -0.4 is 15.0 Å². The summed E-state index contributed by atoms with van der Waals surface area (Å²) in [7, 11) is 0. The van der Waals surface area contributed by atoms with Gasteiger partial charge in [0.05, 0.1) is 30.1 Å². The number of nitrogens with one attached hydrogen (secondary N) is 1. The average molecular weight is 660 g/mol. The van der Waals surface area contributed by atoms with E-state index in [4.69, 9.17) is 4.74 Å². The number of amides is 1. The first kappa shape index (κ1) is 35.7. The molecule has 0 aliphatic carbocycles. The van der Waals surface area contributed by atoms with Crippen LogP contribution in [0.4, 0.5) is 32.0 Å². The molecule has 256 valence electrons. The third-order valence-corrected chi connectivity index (χ3v) is 8.72. The summed E-state index contributed by atoms with van der Waals surface area (Å²) < 4.78 is 87.2. The molecule has 2 N–H and O–H groups in total. The molecule has 4 rings (SSSR count). The van der Waals surface area contributed by atoms with Gasteiger partial charge in [-0.2, -0.15) is 26.3 Å². The number of piperazine rings is 1. The zero-order chi connectivity index (χ0) is 34.2. The number of aromatic nitrogens is 1. The maximum atomic E-state index is 13.6. The van der Waals surface area contributed by atoms with Crippen LogP contribution in [-0.2, 0) is 22.4 Å². The lowest BCUT2D eigenvalue weighted by molar-refractivity contribution is -0.376. The molecule has 3 atom stereocenters. The van der Waals surface area contributed by atoms with E-state index in [0.29, 0.717) is 50.2 Å². The van der Waals surface area contributed by atoms with E-state index in [1.165, 1.54) is 6.07 Å². The van der Waals surface area contributed by atoms with Crippen LogP contribution in [0.1, 0.15) is 64.8 Å². The van der Waals surface area contributed by atoms with Crippen molar-refractivity contribution >= 4 is 11.6 Å². The molecule has 2 aliphatic rings. The van der Waals surface area contributed by atoms with Crippen LogP contribution in [0.15, 0.2) is 36.5 Å². The summed E-state index contributed by atoms with van der Waals surface area (Å²) in [5, 5.41) is 13.4. The first-order valence-electron chi connectivity index (χ1n) is 15.5. The van der Waals surface area contributed by atoms with Gasteiger partial charge in [-0.1, -0.05) is 25.5 Å². The number of carbonyl (C=O) groups excluding carboxylic acids is 1. The van der Waals surface area contributed by atoms with Crippen molar-refractivity contribution in [2.45, 2.75) is 96.1 Å². The summed E-state index contributed by atoms with van der Waals surface area (Å²) in [6.07, 6.45) is -9.54. The molecule has 0 radical (unpaired) electrons. The minimum atomic E-state index is -5.96. The molecule has 8 nitrogen and oxygen atoms in total. The van der Waals surface area contributed by atoms with Crippen LogP contribution in [0.2, 0.25) is 0 Å². The molecule has 14 heteroatoms. The number of ether oxygens (including phenoxy) is 1. The fourth-order valence-corrected chi connectivity index (χ4v) is 6.32. The second-order valence-corrected chi connectivity index (χ2v) is 12.9. The number of nitrogens with zero attached hydrogens (tertiary/aromatic N) is 4. The van der Waals surface area contributed by atoms with Crippen LogP contribution >= 0.6 is 0 Å². The Labute approximate surface area is 265 Å². The van der Waals surface area contributed by atoms with Gasteiger partial charge in [0.2, 0.25) is 5.91 Å². The second-order valence-electron chi connectivity index (χ2n) is 12.9. The van der Waals surface area contributed by atoms with Gasteiger partial charge in [-0.3, -0.25) is 20.0 Å². The Balaban J connectivity index is 1.46. The SMILES string of the molecule is CCCc1cc(C(O)(C(F)(F)F)C(F)(F)F)ccc1N1C[C@@H](C)N(C(=O)CN2CN[C@](C)(c3ccc(OC(C)C)cn3)C2)CC1C.